The first-order valence-corrected chi connectivity index (χ1v) is 12.7. The SMILES string of the molecule is C=C(C)C(=O)OCC(CCCCCCCCC)COC(C)(C)COC(C)(C)S(=O)(=O)O. The van der Waals surface area contributed by atoms with Crippen LogP contribution in [0, 0.1) is 5.92 Å². The van der Waals surface area contributed by atoms with Gasteiger partial charge in [0.25, 0.3) is 10.1 Å². The number of rotatable bonds is 18. The molecule has 0 aromatic rings. The van der Waals surface area contributed by atoms with Crippen molar-refractivity contribution in [3.63, 3.8) is 0 Å². The molecule has 0 aliphatic heterocycles. The van der Waals surface area contributed by atoms with Gasteiger partial charge in [0.2, 0.25) is 0 Å². The average Bonchev–Trinajstić information content (AvgIpc) is 2.66. The summed E-state index contributed by atoms with van der Waals surface area (Å²) in [4.78, 5) is 10.0. The second-order valence-corrected chi connectivity index (χ2v) is 11.3. The summed E-state index contributed by atoms with van der Waals surface area (Å²) in [6, 6.07) is 0. The van der Waals surface area contributed by atoms with Crippen molar-refractivity contribution in [3.8, 4) is 0 Å². The van der Waals surface area contributed by atoms with E-state index in [1.54, 1.807) is 20.8 Å². The Morgan fingerprint density at radius 2 is 1.52 bits per heavy atom. The number of unbranched alkanes of at least 4 members (excludes halogenated alkanes) is 6. The van der Waals surface area contributed by atoms with Crippen LogP contribution in [0.25, 0.3) is 0 Å². The van der Waals surface area contributed by atoms with Gasteiger partial charge in [0.05, 0.1) is 25.4 Å². The van der Waals surface area contributed by atoms with E-state index < -0.39 is 26.6 Å². The minimum Gasteiger partial charge on any atom is -0.462 e. The highest BCUT2D eigenvalue weighted by Crippen LogP contribution is 2.22. The minimum atomic E-state index is -4.35. The fourth-order valence-electron chi connectivity index (χ4n) is 2.73. The van der Waals surface area contributed by atoms with Crippen LogP contribution in [-0.2, 0) is 29.1 Å². The highest BCUT2D eigenvalue weighted by Gasteiger charge is 2.36. The molecule has 0 bridgehead atoms. The Morgan fingerprint density at radius 1 is 0.968 bits per heavy atom. The van der Waals surface area contributed by atoms with Crippen molar-refractivity contribution in [3.05, 3.63) is 12.2 Å². The van der Waals surface area contributed by atoms with Crippen LogP contribution in [-0.4, -0.2) is 49.3 Å². The van der Waals surface area contributed by atoms with Gasteiger partial charge in [-0.15, -0.1) is 0 Å². The van der Waals surface area contributed by atoms with Gasteiger partial charge in [-0.05, 0) is 41.0 Å². The van der Waals surface area contributed by atoms with E-state index in [4.69, 9.17) is 14.2 Å². The molecule has 184 valence electrons. The van der Waals surface area contributed by atoms with Crippen LogP contribution in [0.3, 0.4) is 0 Å². The second kappa shape index (κ2) is 14.2. The molecule has 1 unspecified atom stereocenters. The van der Waals surface area contributed by atoms with Crippen LogP contribution < -0.4 is 0 Å². The monoisotopic (exact) mass is 464 g/mol. The number of hydrogen-bond acceptors (Lipinski definition) is 6. The molecule has 0 saturated carbocycles. The van der Waals surface area contributed by atoms with Crippen LogP contribution in [0.15, 0.2) is 12.2 Å². The van der Waals surface area contributed by atoms with E-state index in [1.807, 2.05) is 0 Å². The minimum absolute atomic E-state index is 0.0184. The molecule has 0 aliphatic rings. The molecule has 0 spiro atoms. The van der Waals surface area contributed by atoms with Crippen molar-refractivity contribution >= 4 is 16.1 Å². The summed E-state index contributed by atoms with van der Waals surface area (Å²) in [5, 5.41) is 0. The van der Waals surface area contributed by atoms with Gasteiger partial charge >= 0.3 is 5.97 Å². The lowest BCUT2D eigenvalue weighted by Crippen LogP contribution is -2.41. The molecule has 7 nitrogen and oxygen atoms in total. The fourth-order valence-corrected chi connectivity index (χ4v) is 2.94. The predicted molar refractivity (Wildman–Crippen MR) is 123 cm³/mol. The van der Waals surface area contributed by atoms with Gasteiger partial charge in [0.1, 0.15) is 0 Å². The van der Waals surface area contributed by atoms with E-state index in [9.17, 15) is 17.8 Å². The van der Waals surface area contributed by atoms with Gasteiger partial charge in [-0.1, -0.05) is 58.4 Å². The molecule has 0 aliphatic carbocycles. The van der Waals surface area contributed by atoms with Gasteiger partial charge in [-0.2, -0.15) is 8.42 Å². The van der Waals surface area contributed by atoms with E-state index in [0.717, 1.165) is 19.3 Å². The first kappa shape index (κ1) is 30.0. The molecule has 0 heterocycles. The van der Waals surface area contributed by atoms with Crippen LogP contribution in [0.2, 0.25) is 0 Å². The summed E-state index contributed by atoms with van der Waals surface area (Å²) >= 11 is 0. The van der Waals surface area contributed by atoms with Crippen molar-refractivity contribution in [1.82, 2.24) is 0 Å². The Morgan fingerprint density at radius 3 is 2.03 bits per heavy atom. The van der Waals surface area contributed by atoms with Gasteiger partial charge in [0, 0.05) is 11.5 Å². The highest BCUT2D eigenvalue weighted by atomic mass is 32.2. The lowest BCUT2D eigenvalue weighted by Gasteiger charge is -2.31. The molecule has 0 radical (unpaired) electrons. The molecular weight excluding hydrogens is 420 g/mol. The molecular formula is C23H44O7S. The lowest BCUT2D eigenvalue weighted by atomic mass is 10.0. The third-order valence-electron chi connectivity index (χ3n) is 5.11. The van der Waals surface area contributed by atoms with Crippen molar-refractivity contribution < 1.29 is 32.0 Å². The zero-order chi connectivity index (χ0) is 24.1. The van der Waals surface area contributed by atoms with Crippen molar-refractivity contribution in [1.29, 1.82) is 0 Å². The molecule has 0 aromatic carbocycles. The molecule has 0 aromatic heterocycles. The van der Waals surface area contributed by atoms with Gasteiger partial charge in [0.15, 0.2) is 4.93 Å². The maximum absolute atomic E-state index is 11.8. The quantitative estimate of drug-likeness (QED) is 0.127. The van der Waals surface area contributed by atoms with E-state index in [0.29, 0.717) is 12.2 Å². The zero-order valence-corrected chi connectivity index (χ0v) is 21.2. The van der Waals surface area contributed by atoms with Crippen LogP contribution in [0.1, 0.15) is 92.9 Å². The summed E-state index contributed by atoms with van der Waals surface area (Å²) < 4.78 is 48.8. The Kier molecular flexibility index (Phi) is 13.8. The van der Waals surface area contributed by atoms with E-state index in [-0.39, 0.29) is 19.1 Å². The van der Waals surface area contributed by atoms with E-state index >= 15 is 0 Å². The van der Waals surface area contributed by atoms with E-state index in [1.165, 1.54) is 46.0 Å². The second-order valence-electron chi connectivity index (χ2n) is 9.39. The van der Waals surface area contributed by atoms with Gasteiger partial charge in [-0.3, -0.25) is 4.55 Å². The first-order valence-electron chi connectivity index (χ1n) is 11.3. The standard InChI is InChI=1S/C23H44O7S/c1-8-9-10-11-12-13-14-15-20(16-28-21(24)19(2)3)17-29-22(4,5)18-30-23(6,7)31(25,26)27/h20H,2,8-18H2,1,3-7H3,(H,25,26,27). The summed E-state index contributed by atoms with van der Waals surface area (Å²) in [5.41, 5.74) is -0.421. The smallest absolute Gasteiger partial charge is 0.333 e. The third-order valence-corrected chi connectivity index (χ3v) is 6.47. The topological polar surface area (TPSA) is 99.1 Å². The molecule has 31 heavy (non-hydrogen) atoms. The number of esters is 1. The summed E-state index contributed by atoms with van der Waals surface area (Å²) in [5.74, 6) is -0.394. The molecule has 8 heteroatoms. The summed E-state index contributed by atoms with van der Waals surface area (Å²) in [6.45, 7) is 14.2. The highest BCUT2D eigenvalue weighted by molar-refractivity contribution is 7.87. The maximum Gasteiger partial charge on any atom is 0.333 e. The van der Waals surface area contributed by atoms with Crippen molar-refractivity contribution in [2.45, 2.75) is 103 Å². The molecule has 0 saturated heterocycles. The van der Waals surface area contributed by atoms with Crippen LogP contribution >= 0.6 is 0 Å². The molecule has 1 atom stereocenters. The summed E-state index contributed by atoms with van der Waals surface area (Å²) in [6.07, 6.45) is 9.24. The Bertz CT molecular complexity index is 638. The van der Waals surface area contributed by atoms with Crippen molar-refractivity contribution in [2.75, 3.05) is 19.8 Å². The van der Waals surface area contributed by atoms with Gasteiger partial charge in [-0.25, -0.2) is 4.79 Å². The lowest BCUT2D eigenvalue weighted by molar-refractivity contribution is -0.143. The average molecular weight is 465 g/mol. The third kappa shape index (κ3) is 13.9. The maximum atomic E-state index is 11.8. The number of hydrogen-bond donors (Lipinski definition) is 1. The van der Waals surface area contributed by atoms with Crippen molar-refractivity contribution in [2.24, 2.45) is 5.92 Å². The molecule has 1 N–H and O–H groups in total. The number of ether oxygens (including phenoxy) is 3. The first-order chi connectivity index (χ1) is 14.2. The predicted octanol–water partition coefficient (Wildman–Crippen LogP) is 5.30. The largest absolute Gasteiger partial charge is 0.462 e. The Hall–Kier alpha value is -0.960. The molecule has 0 rings (SSSR count). The zero-order valence-electron chi connectivity index (χ0n) is 20.4. The molecule has 0 fully saturated rings. The number of carbonyl (C=O) groups excluding carboxylic acids is 1. The fraction of sp³-hybridized carbons (Fsp3) is 0.870. The van der Waals surface area contributed by atoms with Crippen LogP contribution in [0.4, 0.5) is 0 Å². The van der Waals surface area contributed by atoms with Crippen LogP contribution in [0.5, 0.6) is 0 Å². The van der Waals surface area contributed by atoms with E-state index in [2.05, 4.69) is 13.5 Å². The Labute approximate surface area is 189 Å². The molecule has 0 amide bonds. The Balaban J connectivity index is 4.66. The summed E-state index contributed by atoms with van der Waals surface area (Å²) in [7, 11) is -4.35. The van der Waals surface area contributed by atoms with Gasteiger partial charge < -0.3 is 14.2 Å². The normalized spacial score (nSPS) is 13.8. The number of carbonyl (C=O) groups is 1.